The van der Waals surface area contributed by atoms with Crippen molar-refractivity contribution in [3.8, 4) is 0 Å². The van der Waals surface area contributed by atoms with Crippen LogP contribution in [-0.2, 0) is 6.54 Å². The van der Waals surface area contributed by atoms with Crippen LogP contribution in [0.4, 0.5) is 0 Å². The summed E-state index contributed by atoms with van der Waals surface area (Å²) in [5.74, 6) is 0. The van der Waals surface area contributed by atoms with Gasteiger partial charge in [0.25, 0.3) is 5.56 Å². The van der Waals surface area contributed by atoms with E-state index < -0.39 is 0 Å². The third kappa shape index (κ3) is 2.38. The summed E-state index contributed by atoms with van der Waals surface area (Å²) in [6.07, 6.45) is 3.39. The molecule has 4 nitrogen and oxygen atoms in total. The van der Waals surface area contributed by atoms with Crippen LogP contribution in [-0.4, -0.2) is 14.5 Å². The van der Waals surface area contributed by atoms with Crippen molar-refractivity contribution in [1.82, 2.24) is 14.5 Å². The minimum absolute atomic E-state index is 0.183. The van der Waals surface area contributed by atoms with Gasteiger partial charge in [-0.2, -0.15) is 0 Å². The van der Waals surface area contributed by atoms with Crippen LogP contribution in [0.2, 0.25) is 0 Å². The zero-order valence-corrected chi connectivity index (χ0v) is 8.70. The van der Waals surface area contributed by atoms with E-state index in [1.54, 1.807) is 17.0 Å². The number of nitrogens with zero attached hydrogens (tertiary/aromatic N) is 2. The first-order chi connectivity index (χ1) is 7.25. The zero-order chi connectivity index (χ0) is 10.7. The quantitative estimate of drug-likeness (QED) is 0.776. The first-order valence-corrected chi connectivity index (χ1v) is 4.86. The standard InChI is InChI=1S/C10H9N3OS/c14-9-4-6-13(10(15)12-9)7-8-3-1-2-5-11-8/h1-6H,7H2,(H,12,14,15). The minimum Gasteiger partial charge on any atom is -0.319 e. The lowest BCUT2D eigenvalue weighted by molar-refractivity contribution is 0.727. The first-order valence-electron chi connectivity index (χ1n) is 4.45. The molecule has 0 amide bonds. The van der Waals surface area contributed by atoms with E-state index in [1.807, 2.05) is 18.2 Å². The maximum Gasteiger partial charge on any atom is 0.251 e. The number of aromatic nitrogens is 3. The minimum atomic E-state index is -0.183. The van der Waals surface area contributed by atoms with Gasteiger partial charge < -0.3 is 4.57 Å². The molecule has 5 heteroatoms. The number of pyridine rings is 1. The fourth-order valence-corrected chi connectivity index (χ4v) is 1.46. The number of hydrogen-bond donors (Lipinski definition) is 1. The summed E-state index contributed by atoms with van der Waals surface area (Å²) in [5.41, 5.74) is 0.720. The number of nitrogens with one attached hydrogen (secondary N) is 1. The highest BCUT2D eigenvalue weighted by atomic mass is 32.1. The molecule has 1 N–H and O–H groups in total. The highest BCUT2D eigenvalue weighted by molar-refractivity contribution is 7.71. The zero-order valence-electron chi connectivity index (χ0n) is 7.88. The van der Waals surface area contributed by atoms with E-state index in [9.17, 15) is 4.79 Å². The lowest BCUT2D eigenvalue weighted by Gasteiger charge is -2.04. The van der Waals surface area contributed by atoms with Crippen LogP contribution in [0, 0.1) is 4.77 Å². The van der Waals surface area contributed by atoms with E-state index in [0.29, 0.717) is 11.3 Å². The van der Waals surface area contributed by atoms with Crippen LogP contribution >= 0.6 is 12.2 Å². The summed E-state index contributed by atoms with van der Waals surface area (Å²) in [6.45, 7) is 0.566. The lowest BCUT2D eigenvalue weighted by Crippen LogP contribution is -2.12. The molecule has 0 saturated carbocycles. The van der Waals surface area contributed by atoms with Crippen LogP contribution in [0.1, 0.15) is 5.69 Å². The van der Waals surface area contributed by atoms with Crippen molar-refractivity contribution in [2.45, 2.75) is 6.54 Å². The summed E-state index contributed by atoms with van der Waals surface area (Å²) in [6, 6.07) is 7.12. The van der Waals surface area contributed by atoms with Gasteiger partial charge in [-0.1, -0.05) is 6.07 Å². The molecule has 0 bridgehead atoms. The molecular formula is C10H9N3OS. The van der Waals surface area contributed by atoms with Crippen molar-refractivity contribution in [1.29, 1.82) is 0 Å². The maximum atomic E-state index is 10.9. The molecule has 2 rings (SSSR count). The smallest absolute Gasteiger partial charge is 0.251 e. The largest absolute Gasteiger partial charge is 0.319 e. The summed E-state index contributed by atoms with van der Waals surface area (Å²) >= 11 is 5.02. The van der Waals surface area contributed by atoms with Crippen LogP contribution in [0.3, 0.4) is 0 Å². The average Bonchev–Trinajstić information content (AvgIpc) is 2.24. The normalized spacial score (nSPS) is 10.1. The van der Waals surface area contributed by atoms with Crippen LogP contribution in [0.15, 0.2) is 41.5 Å². The van der Waals surface area contributed by atoms with Gasteiger partial charge in [-0.15, -0.1) is 0 Å². The highest BCUT2D eigenvalue weighted by Crippen LogP contribution is 1.97. The van der Waals surface area contributed by atoms with Gasteiger partial charge in [0.2, 0.25) is 0 Å². The van der Waals surface area contributed by atoms with Crippen LogP contribution < -0.4 is 5.56 Å². The Labute approximate surface area is 91.2 Å². The highest BCUT2D eigenvalue weighted by Gasteiger charge is 1.96. The fourth-order valence-electron chi connectivity index (χ4n) is 1.23. The van der Waals surface area contributed by atoms with E-state index in [-0.39, 0.29) is 5.56 Å². The van der Waals surface area contributed by atoms with Crippen molar-refractivity contribution in [2.24, 2.45) is 0 Å². The molecule has 0 atom stereocenters. The van der Waals surface area contributed by atoms with Gasteiger partial charge in [-0.3, -0.25) is 14.8 Å². The van der Waals surface area contributed by atoms with Gasteiger partial charge in [0, 0.05) is 18.5 Å². The molecule has 0 radical (unpaired) electrons. The number of aromatic amines is 1. The molecule has 2 heterocycles. The average molecular weight is 219 g/mol. The molecule has 2 aromatic heterocycles. The van der Waals surface area contributed by atoms with E-state index in [2.05, 4.69) is 9.97 Å². The molecule has 0 fully saturated rings. The molecular weight excluding hydrogens is 210 g/mol. The summed E-state index contributed by atoms with van der Waals surface area (Å²) in [7, 11) is 0. The Morgan fingerprint density at radius 1 is 1.40 bits per heavy atom. The lowest BCUT2D eigenvalue weighted by atomic mass is 10.3. The first kappa shape index (κ1) is 9.79. The Kier molecular flexibility index (Phi) is 2.73. The second-order valence-corrected chi connectivity index (χ2v) is 3.45. The van der Waals surface area contributed by atoms with Crippen molar-refractivity contribution >= 4 is 12.2 Å². The predicted molar refractivity (Wildman–Crippen MR) is 59.2 cm³/mol. The summed E-state index contributed by atoms with van der Waals surface area (Å²) in [4.78, 5) is 17.7. The van der Waals surface area contributed by atoms with Gasteiger partial charge in [-0.25, -0.2) is 0 Å². The van der Waals surface area contributed by atoms with E-state index in [4.69, 9.17) is 12.2 Å². The van der Waals surface area contributed by atoms with Gasteiger partial charge in [0.05, 0.1) is 12.2 Å². The van der Waals surface area contributed by atoms with E-state index in [1.165, 1.54) is 6.07 Å². The predicted octanol–water partition coefficient (Wildman–Crippen LogP) is 1.35. The molecule has 0 aromatic carbocycles. The van der Waals surface area contributed by atoms with Crippen LogP contribution in [0.5, 0.6) is 0 Å². The van der Waals surface area contributed by atoms with Gasteiger partial charge in [0.15, 0.2) is 4.77 Å². The van der Waals surface area contributed by atoms with Crippen molar-refractivity contribution in [2.75, 3.05) is 0 Å². The van der Waals surface area contributed by atoms with E-state index in [0.717, 1.165) is 5.69 Å². The summed E-state index contributed by atoms with van der Waals surface area (Å²) in [5, 5.41) is 0. The van der Waals surface area contributed by atoms with E-state index >= 15 is 0 Å². The Hall–Kier alpha value is -1.75. The maximum absolute atomic E-state index is 10.9. The van der Waals surface area contributed by atoms with Crippen molar-refractivity contribution in [3.63, 3.8) is 0 Å². The van der Waals surface area contributed by atoms with Crippen LogP contribution in [0.25, 0.3) is 0 Å². The topological polar surface area (TPSA) is 50.7 Å². The number of hydrogen-bond acceptors (Lipinski definition) is 3. The molecule has 0 aliphatic carbocycles. The fraction of sp³-hybridized carbons (Fsp3) is 0.100. The number of H-pyrrole nitrogens is 1. The Balaban J connectivity index is 2.33. The second-order valence-electron chi connectivity index (χ2n) is 3.06. The molecule has 2 aromatic rings. The molecule has 0 spiro atoms. The SMILES string of the molecule is O=c1ccn(Cc2ccccn2)c(=S)[nH]1. The van der Waals surface area contributed by atoms with Crippen molar-refractivity contribution in [3.05, 3.63) is 57.5 Å². The molecule has 15 heavy (non-hydrogen) atoms. The third-order valence-electron chi connectivity index (χ3n) is 1.96. The molecule has 0 unspecified atom stereocenters. The number of rotatable bonds is 2. The Morgan fingerprint density at radius 2 is 2.27 bits per heavy atom. The van der Waals surface area contributed by atoms with Gasteiger partial charge >= 0.3 is 0 Å². The molecule has 0 aliphatic heterocycles. The molecule has 0 saturated heterocycles. The Morgan fingerprint density at radius 3 is 2.93 bits per heavy atom. The van der Waals surface area contributed by atoms with Gasteiger partial charge in [-0.05, 0) is 24.4 Å². The third-order valence-corrected chi connectivity index (χ3v) is 2.29. The second kappa shape index (κ2) is 4.18. The van der Waals surface area contributed by atoms with Gasteiger partial charge in [0.1, 0.15) is 0 Å². The molecule has 0 aliphatic rings. The van der Waals surface area contributed by atoms with Crippen molar-refractivity contribution < 1.29 is 0 Å². The Bertz CT molecular complexity index is 559. The summed E-state index contributed by atoms with van der Waals surface area (Å²) < 4.78 is 2.17. The monoisotopic (exact) mass is 219 g/mol. The molecule has 76 valence electrons.